The summed E-state index contributed by atoms with van der Waals surface area (Å²) in [5, 5.41) is 6.28. The molecule has 2 aromatic rings. The minimum Gasteiger partial charge on any atom is -0.358 e. The van der Waals surface area contributed by atoms with E-state index in [9.17, 15) is 13.6 Å². The van der Waals surface area contributed by atoms with Gasteiger partial charge in [0.25, 0.3) is 0 Å². The van der Waals surface area contributed by atoms with Crippen molar-refractivity contribution in [1.29, 1.82) is 0 Å². The maximum absolute atomic E-state index is 13.6. The van der Waals surface area contributed by atoms with Crippen LogP contribution >= 0.6 is 22.6 Å². The highest BCUT2D eigenvalue weighted by Crippen LogP contribution is 2.39. The number of nitrogens with zero attached hydrogens (tertiary/aromatic N) is 2. The molecule has 1 aromatic heterocycles. The van der Waals surface area contributed by atoms with E-state index in [1.807, 2.05) is 0 Å². The number of hydrogen-bond acceptors (Lipinski definition) is 2. The minimum atomic E-state index is -3.10. The molecule has 0 aliphatic carbocycles. The Morgan fingerprint density at radius 2 is 2.05 bits per heavy atom. The smallest absolute Gasteiger partial charge is 0.340 e. The molecule has 1 amide bonds. The third-order valence-corrected chi connectivity index (χ3v) is 3.21. The highest BCUT2D eigenvalue weighted by Gasteiger charge is 2.34. The van der Waals surface area contributed by atoms with Gasteiger partial charge in [-0.2, -0.15) is 13.9 Å². The van der Waals surface area contributed by atoms with Gasteiger partial charge in [0, 0.05) is 41.4 Å². The van der Waals surface area contributed by atoms with E-state index in [4.69, 9.17) is 0 Å². The van der Waals surface area contributed by atoms with Crippen molar-refractivity contribution in [2.24, 2.45) is 0 Å². The van der Waals surface area contributed by atoms with Gasteiger partial charge in [-0.1, -0.05) is 30.3 Å². The first kappa shape index (κ1) is 14.9. The van der Waals surface area contributed by atoms with Gasteiger partial charge >= 0.3 is 3.93 Å². The number of halogens is 3. The Balaban J connectivity index is 2.47. The van der Waals surface area contributed by atoms with Crippen LogP contribution in [-0.4, -0.2) is 22.7 Å². The SMILES string of the molecule is CNC(=O)Cn1cc(-c2ccccc2)c(C(F)(F)I)n1. The summed E-state index contributed by atoms with van der Waals surface area (Å²) < 4.78 is 25.4. The molecule has 2 rings (SSSR count). The molecule has 4 nitrogen and oxygen atoms in total. The monoisotopic (exact) mass is 391 g/mol. The van der Waals surface area contributed by atoms with Crippen LogP contribution in [0.4, 0.5) is 8.78 Å². The molecule has 0 saturated heterocycles. The predicted molar refractivity (Wildman–Crippen MR) is 79.6 cm³/mol. The highest BCUT2D eigenvalue weighted by molar-refractivity contribution is 14.1. The lowest BCUT2D eigenvalue weighted by Crippen LogP contribution is -2.23. The Labute approximate surface area is 128 Å². The molecule has 0 saturated carbocycles. The standard InChI is InChI=1S/C13H12F2IN3O/c1-17-11(20)8-19-7-10(9-5-3-2-4-6-9)12(18-19)13(14,15)16/h2-7H,8H2,1H3,(H,17,20). The average molecular weight is 391 g/mol. The van der Waals surface area contributed by atoms with Gasteiger partial charge in [-0.3, -0.25) is 9.48 Å². The van der Waals surface area contributed by atoms with Crippen LogP contribution in [0.15, 0.2) is 36.5 Å². The van der Waals surface area contributed by atoms with E-state index < -0.39 is 3.93 Å². The molecule has 0 atom stereocenters. The van der Waals surface area contributed by atoms with Crippen LogP contribution in [0.3, 0.4) is 0 Å². The number of likely N-dealkylation sites (N-methyl/N-ethyl adjacent to an activating group) is 1. The van der Waals surface area contributed by atoms with Crippen LogP contribution < -0.4 is 5.32 Å². The zero-order chi connectivity index (χ0) is 14.8. The van der Waals surface area contributed by atoms with Crippen LogP contribution in [0.1, 0.15) is 5.69 Å². The Bertz CT molecular complexity index is 608. The number of amides is 1. The fourth-order valence-electron chi connectivity index (χ4n) is 1.77. The molecule has 1 N–H and O–H groups in total. The topological polar surface area (TPSA) is 46.9 Å². The summed E-state index contributed by atoms with van der Waals surface area (Å²) in [5.41, 5.74) is 0.629. The zero-order valence-corrected chi connectivity index (χ0v) is 12.8. The van der Waals surface area contributed by atoms with Gasteiger partial charge in [0.1, 0.15) is 12.2 Å². The molecule has 20 heavy (non-hydrogen) atoms. The predicted octanol–water partition coefficient (Wildman–Crippen LogP) is 2.78. The van der Waals surface area contributed by atoms with Gasteiger partial charge in [-0.25, -0.2) is 0 Å². The van der Waals surface area contributed by atoms with Crippen LogP contribution in [0.2, 0.25) is 0 Å². The zero-order valence-electron chi connectivity index (χ0n) is 10.6. The number of rotatable bonds is 4. The van der Waals surface area contributed by atoms with Gasteiger partial charge in [0.15, 0.2) is 0 Å². The molecule has 1 aromatic carbocycles. The fourth-order valence-corrected chi connectivity index (χ4v) is 2.17. The number of nitrogens with one attached hydrogen (secondary N) is 1. The van der Waals surface area contributed by atoms with E-state index in [0.717, 1.165) is 22.6 Å². The van der Waals surface area contributed by atoms with Crippen molar-refractivity contribution < 1.29 is 13.6 Å². The summed E-state index contributed by atoms with van der Waals surface area (Å²) in [6, 6.07) is 8.79. The first-order valence-electron chi connectivity index (χ1n) is 5.82. The van der Waals surface area contributed by atoms with E-state index in [-0.39, 0.29) is 18.1 Å². The molecular formula is C13H12F2IN3O. The van der Waals surface area contributed by atoms with Crippen LogP contribution in [-0.2, 0) is 15.3 Å². The van der Waals surface area contributed by atoms with Crippen LogP contribution in [0, 0.1) is 0 Å². The van der Waals surface area contributed by atoms with Crippen LogP contribution in [0.25, 0.3) is 11.1 Å². The molecular weight excluding hydrogens is 379 g/mol. The van der Waals surface area contributed by atoms with Crippen molar-refractivity contribution in [3.63, 3.8) is 0 Å². The molecule has 106 valence electrons. The summed E-state index contributed by atoms with van der Waals surface area (Å²) >= 11 is 1.04. The van der Waals surface area contributed by atoms with Crippen molar-refractivity contribution in [3.8, 4) is 11.1 Å². The first-order valence-corrected chi connectivity index (χ1v) is 6.90. The summed E-state index contributed by atoms with van der Waals surface area (Å²) in [6.45, 7) is -0.0942. The number of benzene rings is 1. The normalized spacial score (nSPS) is 11.4. The molecule has 7 heteroatoms. The maximum Gasteiger partial charge on any atom is 0.340 e. The second-order valence-electron chi connectivity index (χ2n) is 4.13. The third kappa shape index (κ3) is 3.33. The Morgan fingerprint density at radius 3 is 2.60 bits per heavy atom. The number of aromatic nitrogens is 2. The molecule has 0 aliphatic rings. The van der Waals surface area contributed by atoms with Gasteiger partial charge in [-0.15, -0.1) is 0 Å². The molecule has 0 unspecified atom stereocenters. The number of alkyl halides is 3. The van der Waals surface area contributed by atoms with Crippen molar-refractivity contribution in [3.05, 3.63) is 42.2 Å². The third-order valence-electron chi connectivity index (χ3n) is 2.70. The van der Waals surface area contributed by atoms with E-state index in [0.29, 0.717) is 11.1 Å². The lowest BCUT2D eigenvalue weighted by atomic mass is 10.1. The summed E-state index contributed by atoms with van der Waals surface area (Å²) in [7, 11) is 1.48. The Kier molecular flexibility index (Phi) is 4.36. The largest absolute Gasteiger partial charge is 0.358 e. The molecule has 1 heterocycles. The fraction of sp³-hybridized carbons (Fsp3) is 0.231. The molecule has 0 fully saturated rings. The number of carbonyl (C=O) groups is 1. The second-order valence-corrected chi connectivity index (χ2v) is 5.48. The maximum atomic E-state index is 13.6. The molecule has 0 spiro atoms. The average Bonchev–Trinajstić information content (AvgIpc) is 2.83. The highest BCUT2D eigenvalue weighted by atomic mass is 127. The molecule has 0 aliphatic heterocycles. The summed E-state index contributed by atoms with van der Waals surface area (Å²) in [4.78, 5) is 11.3. The van der Waals surface area contributed by atoms with Crippen molar-refractivity contribution in [2.45, 2.75) is 10.5 Å². The summed E-state index contributed by atoms with van der Waals surface area (Å²) in [6.07, 6.45) is 1.46. The molecule has 0 radical (unpaired) electrons. The van der Waals surface area contributed by atoms with Gasteiger partial charge in [0.2, 0.25) is 5.91 Å². The Morgan fingerprint density at radius 1 is 1.40 bits per heavy atom. The van der Waals surface area contributed by atoms with Crippen molar-refractivity contribution in [1.82, 2.24) is 15.1 Å². The van der Waals surface area contributed by atoms with E-state index in [2.05, 4.69) is 10.4 Å². The minimum absolute atomic E-state index is 0.0942. The molecule has 0 bridgehead atoms. The second kappa shape index (κ2) is 5.86. The van der Waals surface area contributed by atoms with E-state index >= 15 is 0 Å². The van der Waals surface area contributed by atoms with E-state index in [1.54, 1.807) is 30.3 Å². The first-order chi connectivity index (χ1) is 9.41. The lowest BCUT2D eigenvalue weighted by molar-refractivity contribution is -0.121. The quantitative estimate of drug-likeness (QED) is 0.644. The number of carbonyl (C=O) groups excluding carboxylic acids is 1. The number of hydrogen-bond donors (Lipinski definition) is 1. The Hall–Kier alpha value is -1.51. The lowest BCUT2D eigenvalue weighted by Gasteiger charge is -2.07. The van der Waals surface area contributed by atoms with Gasteiger partial charge in [-0.05, 0) is 5.56 Å². The van der Waals surface area contributed by atoms with E-state index in [1.165, 1.54) is 17.9 Å². The van der Waals surface area contributed by atoms with Crippen molar-refractivity contribution >= 4 is 28.5 Å². The van der Waals surface area contributed by atoms with Crippen molar-refractivity contribution in [2.75, 3.05) is 7.05 Å². The van der Waals surface area contributed by atoms with Gasteiger partial charge in [0.05, 0.1) is 0 Å². The van der Waals surface area contributed by atoms with Gasteiger partial charge < -0.3 is 5.32 Å². The van der Waals surface area contributed by atoms with Crippen LogP contribution in [0.5, 0.6) is 0 Å². The summed E-state index contributed by atoms with van der Waals surface area (Å²) in [5.74, 6) is -0.296.